The Kier molecular flexibility index (Phi) is 1.04. The van der Waals surface area contributed by atoms with Crippen LogP contribution in [-0.2, 0) is 4.79 Å². The molecule has 0 unspecified atom stereocenters. The maximum atomic E-state index is 12.6. The first kappa shape index (κ1) is 9.59. The molecule has 4 nitrogen and oxygen atoms in total. The summed E-state index contributed by atoms with van der Waals surface area (Å²) in [5.41, 5.74) is 0.933. The van der Waals surface area contributed by atoms with Crippen LogP contribution in [0.3, 0.4) is 0 Å². The highest BCUT2D eigenvalue weighted by Gasteiger charge is 3.09. The monoisotopic (exact) mass is 244 g/mol. The van der Waals surface area contributed by atoms with E-state index < -0.39 is 0 Å². The van der Waals surface area contributed by atoms with Crippen molar-refractivity contribution in [2.45, 2.75) is 18.9 Å². The number of imide groups is 1. The van der Waals surface area contributed by atoms with Crippen LogP contribution in [0.5, 0.6) is 0 Å². The van der Waals surface area contributed by atoms with Crippen LogP contribution in [0, 0.1) is 28.6 Å². The van der Waals surface area contributed by atoms with Crippen LogP contribution in [0.25, 0.3) is 0 Å². The molecule has 0 N–H and O–H groups in total. The third kappa shape index (κ3) is 0.433. The minimum absolute atomic E-state index is 0.0769. The Morgan fingerprint density at radius 2 is 2.00 bits per heavy atom. The third-order valence-electron chi connectivity index (χ3n) is 7.22. The molecule has 0 radical (unpaired) electrons. The van der Waals surface area contributed by atoms with Gasteiger partial charge in [-0.25, -0.2) is 4.79 Å². The first-order valence-electron chi connectivity index (χ1n) is 6.62. The molecular weight excluding hydrogens is 228 g/mol. The Bertz CT molecular complexity index is 599. The van der Waals surface area contributed by atoms with Crippen molar-refractivity contribution in [3.8, 4) is 0 Å². The molecule has 4 aliphatic carbocycles. The lowest BCUT2D eigenvalue weighted by Gasteiger charge is -2.65. The van der Waals surface area contributed by atoms with Crippen molar-refractivity contribution < 1.29 is 9.59 Å². The molecule has 1 aliphatic heterocycles. The molecule has 0 aromatic heterocycles. The van der Waals surface area contributed by atoms with Gasteiger partial charge in [0, 0.05) is 19.5 Å². The highest BCUT2D eigenvalue weighted by Crippen LogP contribution is 3.04. The van der Waals surface area contributed by atoms with Gasteiger partial charge >= 0.3 is 6.03 Å². The molecule has 0 aromatic carbocycles. The van der Waals surface area contributed by atoms with Gasteiger partial charge in [-0.05, 0) is 24.2 Å². The smallest absolute Gasteiger partial charge is 0.320 e. The normalized spacial score (nSPS) is 62.2. The maximum absolute atomic E-state index is 12.6. The van der Waals surface area contributed by atoms with Gasteiger partial charge in [0.1, 0.15) is 0 Å². The van der Waals surface area contributed by atoms with Crippen LogP contribution in [-0.4, -0.2) is 41.4 Å². The number of urea groups is 1. The lowest BCUT2D eigenvalue weighted by molar-refractivity contribution is -0.181. The molecule has 0 aromatic rings. The Labute approximate surface area is 106 Å². The molecule has 18 heavy (non-hydrogen) atoms. The van der Waals surface area contributed by atoms with Gasteiger partial charge in [-0.15, -0.1) is 0 Å². The van der Waals surface area contributed by atoms with Gasteiger partial charge in [0.05, 0.1) is 11.0 Å². The summed E-state index contributed by atoms with van der Waals surface area (Å²) in [6.45, 7) is 6.47. The Morgan fingerprint density at radius 1 is 1.33 bits per heavy atom. The van der Waals surface area contributed by atoms with Crippen molar-refractivity contribution >= 4 is 11.9 Å². The molecule has 94 valence electrons. The topological polar surface area (TPSA) is 40.6 Å². The molecule has 2 spiro atoms. The quantitative estimate of drug-likeness (QED) is 0.598. The summed E-state index contributed by atoms with van der Waals surface area (Å²) in [6, 6.07) is -0.142. The standard InChI is InChI=1S/C14H16N2O2/c1-6-5-13-12(2)7(6)8-9(12)14(8,13)10(17)15(3)11(18)16(13)4/h7-9H,1,5H2,2-4H3/t7-,8+,9+,12-,13+,14+/m0/s1. The zero-order chi connectivity index (χ0) is 12.8. The van der Waals surface area contributed by atoms with Crippen molar-refractivity contribution in [1.29, 1.82) is 0 Å². The van der Waals surface area contributed by atoms with Gasteiger partial charge in [-0.1, -0.05) is 19.1 Å². The van der Waals surface area contributed by atoms with Gasteiger partial charge in [0.2, 0.25) is 5.91 Å². The van der Waals surface area contributed by atoms with E-state index in [1.165, 1.54) is 10.5 Å². The first-order valence-corrected chi connectivity index (χ1v) is 6.62. The minimum atomic E-state index is -0.238. The van der Waals surface area contributed by atoms with E-state index in [1.54, 1.807) is 7.05 Å². The molecule has 5 fully saturated rings. The highest BCUT2D eigenvalue weighted by atomic mass is 16.2. The highest BCUT2D eigenvalue weighted by molar-refractivity contribution is 6.07. The fourth-order valence-electron chi connectivity index (χ4n) is 7.00. The Hall–Kier alpha value is -1.32. The van der Waals surface area contributed by atoms with Crippen LogP contribution >= 0.6 is 0 Å². The summed E-state index contributed by atoms with van der Waals surface area (Å²) >= 11 is 0. The number of hydrogen-bond acceptors (Lipinski definition) is 2. The van der Waals surface area contributed by atoms with Gasteiger partial charge in [-0.2, -0.15) is 0 Å². The lowest BCUT2D eigenvalue weighted by atomic mass is 9.47. The Morgan fingerprint density at radius 3 is 2.67 bits per heavy atom. The summed E-state index contributed by atoms with van der Waals surface area (Å²) in [5, 5.41) is 0. The third-order valence-corrected chi connectivity index (χ3v) is 7.22. The molecule has 6 atom stereocenters. The number of fused-ring (bicyclic) bond motifs is 1. The van der Waals surface area contributed by atoms with Crippen molar-refractivity contribution in [3.05, 3.63) is 12.2 Å². The van der Waals surface area contributed by atoms with E-state index in [0.717, 1.165) is 6.42 Å². The second-order valence-corrected chi connectivity index (χ2v) is 7.03. The van der Waals surface area contributed by atoms with Gasteiger partial charge < -0.3 is 4.90 Å². The van der Waals surface area contributed by atoms with Crippen molar-refractivity contribution in [3.63, 3.8) is 0 Å². The molecule has 3 amide bonds. The predicted octanol–water partition coefficient (Wildman–Crippen LogP) is 1.09. The lowest BCUT2D eigenvalue weighted by Crippen LogP contribution is -2.78. The van der Waals surface area contributed by atoms with Crippen LogP contribution in [0.2, 0.25) is 0 Å². The van der Waals surface area contributed by atoms with E-state index in [1.807, 2.05) is 11.9 Å². The number of amides is 3. The molecule has 4 heteroatoms. The molecule has 0 bridgehead atoms. The van der Waals surface area contributed by atoms with E-state index in [4.69, 9.17) is 0 Å². The van der Waals surface area contributed by atoms with Crippen molar-refractivity contribution in [2.75, 3.05) is 14.1 Å². The van der Waals surface area contributed by atoms with E-state index in [9.17, 15) is 9.59 Å². The summed E-state index contributed by atoms with van der Waals surface area (Å²) in [4.78, 5) is 28.1. The van der Waals surface area contributed by atoms with Crippen molar-refractivity contribution in [2.24, 2.45) is 28.6 Å². The summed E-state index contributed by atoms with van der Waals surface area (Å²) in [7, 11) is 3.50. The van der Waals surface area contributed by atoms with E-state index >= 15 is 0 Å². The molecule has 1 saturated heterocycles. The average molecular weight is 244 g/mol. The fraction of sp³-hybridized carbons (Fsp3) is 0.714. The molecule has 1 heterocycles. The van der Waals surface area contributed by atoms with E-state index in [0.29, 0.717) is 17.8 Å². The zero-order valence-corrected chi connectivity index (χ0v) is 10.9. The van der Waals surface area contributed by atoms with Crippen LogP contribution in [0.4, 0.5) is 4.79 Å². The summed E-state index contributed by atoms with van der Waals surface area (Å²) < 4.78 is 0. The first-order chi connectivity index (χ1) is 8.38. The number of hydrogen-bond donors (Lipinski definition) is 0. The van der Waals surface area contributed by atoms with Gasteiger partial charge in [0.15, 0.2) is 0 Å². The molecular formula is C14H16N2O2. The van der Waals surface area contributed by atoms with Crippen molar-refractivity contribution in [1.82, 2.24) is 9.80 Å². The van der Waals surface area contributed by atoms with Gasteiger partial charge in [-0.3, -0.25) is 9.69 Å². The SMILES string of the molecule is C=C1C[C@]23N(C)C(=O)N(C)C(=O)[C@]24[C@H]2[C@@H]4[C@]3(C)[C@@H]12. The van der Waals surface area contributed by atoms with Crippen LogP contribution in [0.15, 0.2) is 12.2 Å². The average Bonchev–Trinajstić information content (AvgIpc) is 2.84. The minimum Gasteiger partial charge on any atom is -0.320 e. The maximum Gasteiger partial charge on any atom is 0.326 e. The number of nitrogens with zero attached hydrogens (tertiary/aromatic N) is 2. The number of rotatable bonds is 0. The predicted molar refractivity (Wildman–Crippen MR) is 63.4 cm³/mol. The largest absolute Gasteiger partial charge is 0.326 e. The zero-order valence-electron chi connectivity index (χ0n) is 10.9. The molecule has 5 aliphatic rings. The van der Waals surface area contributed by atoms with Gasteiger partial charge in [0.25, 0.3) is 0 Å². The number of carbonyl (C=O) groups is 2. The fourth-order valence-corrected chi connectivity index (χ4v) is 7.00. The van der Waals surface area contributed by atoms with E-state index in [-0.39, 0.29) is 28.3 Å². The molecule has 5 rings (SSSR count). The second-order valence-electron chi connectivity index (χ2n) is 7.03. The van der Waals surface area contributed by atoms with Crippen LogP contribution < -0.4 is 0 Å². The summed E-state index contributed by atoms with van der Waals surface area (Å²) in [5.74, 6) is 1.55. The summed E-state index contributed by atoms with van der Waals surface area (Å²) in [6.07, 6.45) is 0.836. The number of carbonyl (C=O) groups excluding carboxylic acids is 2. The second kappa shape index (κ2) is 1.95. The Balaban J connectivity index is 1.81. The molecule has 4 saturated carbocycles. The van der Waals surface area contributed by atoms with E-state index in [2.05, 4.69) is 13.5 Å². The van der Waals surface area contributed by atoms with Crippen LogP contribution in [0.1, 0.15) is 13.3 Å².